The quantitative estimate of drug-likeness (QED) is 0.564. The van der Waals surface area contributed by atoms with E-state index in [-0.39, 0.29) is 28.8 Å². The van der Waals surface area contributed by atoms with Gasteiger partial charge in [-0.1, -0.05) is 35.9 Å². The molecule has 164 valence electrons. The molecule has 1 amide bonds. The Kier molecular flexibility index (Phi) is 6.88. The number of benzene rings is 2. The van der Waals surface area contributed by atoms with E-state index in [9.17, 15) is 13.2 Å². The molecule has 10 heteroatoms. The number of halogens is 1. The van der Waals surface area contributed by atoms with Gasteiger partial charge in [0, 0.05) is 39.1 Å². The van der Waals surface area contributed by atoms with E-state index >= 15 is 0 Å². The Bertz CT molecular complexity index is 1140. The lowest BCUT2D eigenvalue weighted by Crippen LogP contribution is -2.48. The average Bonchev–Trinajstić information content (AvgIpc) is 3.16. The first-order valence-electron chi connectivity index (χ1n) is 10.0. The zero-order chi connectivity index (χ0) is 21.8. The van der Waals surface area contributed by atoms with Crippen LogP contribution in [-0.4, -0.2) is 61.8 Å². The fourth-order valence-electron chi connectivity index (χ4n) is 3.53. The van der Waals surface area contributed by atoms with Gasteiger partial charge < -0.3 is 4.90 Å². The predicted octanol–water partition coefficient (Wildman–Crippen LogP) is 2.96. The van der Waals surface area contributed by atoms with Crippen LogP contribution in [0.1, 0.15) is 11.4 Å². The average molecular weight is 479 g/mol. The molecule has 2 heterocycles. The summed E-state index contributed by atoms with van der Waals surface area (Å²) in [7, 11) is -3.74. The van der Waals surface area contributed by atoms with Crippen LogP contribution >= 0.6 is 22.9 Å². The Balaban J connectivity index is 1.23. The number of nitrogens with zero attached hydrogens (tertiary/aromatic N) is 3. The van der Waals surface area contributed by atoms with Crippen LogP contribution in [-0.2, 0) is 21.4 Å². The van der Waals surface area contributed by atoms with Crippen molar-refractivity contribution < 1.29 is 13.2 Å². The van der Waals surface area contributed by atoms with Gasteiger partial charge >= 0.3 is 0 Å². The van der Waals surface area contributed by atoms with Crippen molar-refractivity contribution >= 4 is 49.1 Å². The number of hydrogen-bond donors (Lipinski definition) is 1. The molecule has 0 saturated carbocycles. The highest BCUT2D eigenvalue weighted by atomic mass is 35.5. The smallest absolute Gasteiger partial charge is 0.242 e. The van der Waals surface area contributed by atoms with Gasteiger partial charge in [0.05, 0.1) is 21.8 Å². The molecule has 1 aliphatic heterocycles. The standard InChI is InChI=1S/C21H23ClN4O3S2/c22-16-5-1-4-8-19(16)31(28,29)23-10-9-21(27)26-13-11-25(12-14-26)15-20-24-17-6-2-3-7-18(17)30-20/h1-8,23H,9-15H2. The third-order valence-electron chi connectivity index (χ3n) is 5.18. The van der Waals surface area contributed by atoms with Crippen LogP contribution in [0.3, 0.4) is 0 Å². The largest absolute Gasteiger partial charge is 0.340 e. The zero-order valence-corrected chi connectivity index (χ0v) is 19.2. The number of carbonyl (C=O) groups is 1. The first kappa shape index (κ1) is 22.2. The number of aromatic nitrogens is 1. The molecule has 2 aromatic carbocycles. The van der Waals surface area contributed by atoms with Gasteiger partial charge in [0.15, 0.2) is 0 Å². The van der Waals surface area contributed by atoms with Crippen molar-refractivity contribution in [3.63, 3.8) is 0 Å². The maximum absolute atomic E-state index is 12.5. The van der Waals surface area contributed by atoms with Crippen molar-refractivity contribution in [3.05, 3.63) is 58.6 Å². The molecule has 31 heavy (non-hydrogen) atoms. The summed E-state index contributed by atoms with van der Waals surface area (Å²) in [6.07, 6.45) is 0.113. The first-order valence-corrected chi connectivity index (χ1v) is 12.7. The summed E-state index contributed by atoms with van der Waals surface area (Å²) in [5.41, 5.74) is 1.02. The molecule has 1 N–H and O–H groups in total. The van der Waals surface area contributed by atoms with Crippen molar-refractivity contribution in [2.45, 2.75) is 17.9 Å². The summed E-state index contributed by atoms with van der Waals surface area (Å²) in [5.74, 6) is -0.0542. The third kappa shape index (κ3) is 5.42. The highest BCUT2D eigenvalue weighted by Gasteiger charge is 2.23. The number of rotatable bonds is 7. The number of carbonyl (C=O) groups excluding carboxylic acids is 1. The molecule has 4 rings (SSSR count). The van der Waals surface area contributed by atoms with Crippen LogP contribution in [0.15, 0.2) is 53.4 Å². The topological polar surface area (TPSA) is 82.6 Å². The Morgan fingerprint density at radius 1 is 1.06 bits per heavy atom. The summed E-state index contributed by atoms with van der Waals surface area (Å²) in [5, 5.41) is 1.24. The second kappa shape index (κ2) is 9.62. The number of hydrogen-bond acceptors (Lipinski definition) is 6. The molecule has 0 aliphatic carbocycles. The number of piperazine rings is 1. The molecule has 3 aromatic rings. The van der Waals surface area contributed by atoms with E-state index in [4.69, 9.17) is 11.6 Å². The fraction of sp³-hybridized carbons (Fsp3) is 0.333. The molecule has 1 fully saturated rings. The Morgan fingerprint density at radius 2 is 1.77 bits per heavy atom. The van der Waals surface area contributed by atoms with Gasteiger partial charge in [-0.05, 0) is 24.3 Å². The van der Waals surface area contributed by atoms with Crippen molar-refractivity contribution in [1.29, 1.82) is 0 Å². The number of fused-ring (bicyclic) bond motifs is 1. The van der Waals surface area contributed by atoms with Crippen LogP contribution in [0.5, 0.6) is 0 Å². The molecule has 0 bridgehead atoms. The van der Waals surface area contributed by atoms with E-state index in [2.05, 4.69) is 20.7 Å². The summed E-state index contributed by atoms with van der Waals surface area (Å²) >= 11 is 7.67. The van der Waals surface area contributed by atoms with Crippen LogP contribution in [0.2, 0.25) is 5.02 Å². The lowest BCUT2D eigenvalue weighted by Gasteiger charge is -2.34. The molecule has 0 spiro atoms. The minimum absolute atomic E-state index is 0.0209. The zero-order valence-electron chi connectivity index (χ0n) is 16.8. The van der Waals surface area contributed by atoms with Crippen LogP contribution < -0.4 is 4.72 Å². The van der Waals surface area contributed by atoms with Gasteiger partial charge in [0.2, 0.25) is 15.9 Å². The van der Waals surface area contributed by atoms with Crippen molar-refractivity contribution in [3.8, 4) is 0 Å². The summed E-state index contributed by atoms with van der Waals surface area (Å²) in [4.78, 5) is 21.3. The minimum atomic E-state index is -3.74. The molecule has 1 aromatic heterocycles. The number of nitrogens with one attached hydrogen (secondary N) is 1. The van der Waals surface area contributed by atoms with Gasteiger partial charge in [-0.3, -0.25) is 9.69 Å². The minimum Gasteiger partial charge on any atom is -0.340 e. The normalized spacial score (nSPS) is 15.5. The summed E-state index contributed by atoms with van der Waals surface area (Å²) in [6, 6.07) is 14.3. The predicted molar refractivity (Wildman–Crippen MR) is 123 cm³/mol. The molecular formula is C21H23ClN4O3S2. The highest BCUT2D eigenvalue weighted by molar-refractivity contribution is 7.89. The van der Waals surface area contributed by atoms with E-state index < -0.39 is 10.0 Å². The first-order chi connectivity index (χ1) is 14.9. The van der Waals surface area contributed by atoms with E-state index in [0.717, 1.165) is 30.2 Å². The number of sulfonamides is 1. The fourth-order valence-corrected chi connectivity index (χ4v) is 6.08. The number of amides is 1. The van der Waals surface area contributed by atoms with Gasteiger partial charge in [-0.25, -0.2) is 18.1 Å². The SMILES string of the molecule is O=C(CCNS(=O)(=O)c1ccccc1Cl)N1CCN(Cc2nc3ccccc3s2)CC1. The lowest BCUT2D eigenvalue weighted by atomic mass is 10.2. The van der Waals surface area contributed by atoms with Crippen LogP contribution in [0, 0.1) is 0 Å². The highest BCUT2D eigenvalue weighted by Crippen LogP contribution is 2.23. The number of thiazole rings is 1. The number of para-hydroxylation sites is 1. The second-order valence-corrected chi connectivity index (χ2v) is 10.6. The monoisotopic (exact) mass is 478 g/mol. The maximum atomic E-state index is 12.5. The van der Waals surface area contributed by atoms with E-state index in [0.29, 0.717) is 13.1 Å². The summed E-state index contributed by atoms with van der Waals surface area (Å²) in [6.45, 7) is 3.61. The van der Waals surface area contributed by atoms with E-state index in [1.165, 1.54) is 16.8 Å². The van der Waals surface area contributed by atoms with E-state index in [1.807, 2.05) is 18.2 Å². The molecular weight excluding hydrogens is 456 g/mol. The van der Waals surface area contributed by atoms with Crippen LogP contribution in [0.25, 0.3) is 10.2 Å². The lowest BCUT2D eigenvalue weighted by molar-refractivity contribution is -0.132. The summed E-state index contributed by atoms with van der Waals surface area (Å²) < 4.78 is 28.4. The van der Waals surface area contributed by atoms with Crippen molar-refractivity contribution in [2.24, 2.45) is 0 Å². The van der Waals surface area contributed by atoms with E-state index in [1.54, 1.807) is 28.4 Å². The van der Waals surface area contributed by atoms with Gasteiger partial charge in [-0.2, -0.15) is 0 Å². The molecule has 0 radical (unpaired) electrons. The Hall–Kier alpha value is -2.04. The second-order valence-electron chi connectivity index (χ2n) is 7.31. The van der Waals surface area contributed by atoms with Crippen molar-refractivity contribution in [1.82, 2.24) is 19.5 Å². The molecule has 0 unspecified atom stereocenters. The van der Waals surface area contributed by atoms with Gasteiger partial charge in [0.1, 0.15) is 9.90 Å². The Labute approximate surface area is 190 Å². The van der Waals surface area contributed by atoms with Crippen molar-refractivity contribution in [2.75, 3.05) is 32.7 Å². The Morgan fingerprint density at radius 3 is 2.52 bits per heavy atom. The molecule has 0 atom stereocenters. The van der Waals surface area contributed by atoms with Crippen LogP contribution in [0.4, 0.5) is 0 Å². The molecule has 1 aliphatic rings. The molecule has 1 saturated heterocycles. The third-order valence-corrected chi connectivity index (χ3v) is 8.16. The maximum Gasteiger partial charge on any atom is 0.242 e. The molecule has 7 nitrogen and oxygen atoms in total. The van der Waals surface area contributed by atoms with Gasteiger partial charge in [0.25, 0.3) is 0 Å². The van der Waals surface area contributed by atoms with Gasteiger partial charge in [-0.15, -0.1) is 11.3 Å².